The number of methoxy groups -OCH3 is 1. The molecule has 0 N–H and O–H groups in total. The molecule has 1 aliphatic rings. The summed E-state index contributed by atoms with van der Waals surface area (Å²) in [5.74, 6) is -0.423. The number of hydrogen-bond acceptors (Lipinski definition) is 4. The molecule has 0 aliphatic carbocycles. The Kier molecular flexibility index (Phi) is 4.13. The number of rotatable bonds is 2. The van der Waals surface area contributed by atoms with Crippen molar-refractivity contribution in [3.05, 3.63) is 28.3 Å². The summed E-state index contributed by atoms with van der Waals surface area (Å²) in [6, 6.07) is 3.49. The number of carbonyl (C=O) groups is 1. The molecule has 0 aromatic heterocycles. The summed E-state index contributed by atoms with van der Waals surface area (Å²) in [6.07, 6.45) is 0. The molecule has 0 bridgehead atoms. The Balaban J connectivity index is 2.43. The van der Waals surface area contributed by atoms with Gasteiger partial charge in [-0.1, -0.05) is 11.6 Å². The molecule has 1 saturated heterocycles. The van der Waals surface area contributed by atoms with Crippen molar-refractivity contribution in [2.75, 3.05) is 7.11 Å². The zero-order chi connectivity index (χ0) is 16.0. The van der Waals surface area contributed by atoms with Gasteiger partial charge in [0.2, 0.25) is 0 Å². The monoisotopic (exact) mass is 310 g/mol. The van der Waals surface area contributed by atoms with Crippen molar-refractivity contribution in [1.82, 2.24) is 0 Å². The Labute approximate surface area is 130 Å². The topological polar surface area (TPSA) is 44.8 Å². The van der Waals surface area contributed by atoms with Gasteiger partial charge in [-0.15, -0.1) is 0 Å². The lowest BCUT2D eigenvalue weighted by Crippen LogP contribution is -2.41. The molecule has 1 aromatic carbocycles. The molecule has 0 amide bonds. The Morgan fingerprint density at radius 1 is 1.19 bits per heavy atom. The van der Waals surface area contributed by atoms with Gasteiger partial charge in [-0.05, 0) is 57.8 Å². The molecule has 6 heteroatoms. The SMILES string of the molecule is COC(=O)c1cc(B2OC(C)(C)C(C)(C)O2)cc(Cl)c1C. The van der Waals surface area contributed by atoms with Gasteiger partial charge in [0.15, 0.2) is 0 Å². The second kappa shape index (κ2) is 5.31. The van der Waals surface area contributed by atoms with Crippen molar-refractivity contribution >= 4 is 30.2 Å². The van der Waals surface area contributed by atoms with Crippen molar-refractivity contribution in [2.45, 2.75) is 45.8 Å². The van der Waals surface area contributed by atoms with E-state index in [9.17, 15) is 4.79 Å². The van der Waals surface area contributed by atoms with Crippen LogP contribution in [0.3, 0.4) is 0 Å². The summed E-state index contributed by atoms with van der Waals surface area (Å²) in [4.78, 5) is 11.8. The van der Waals surface area contributed by atoms with Crippen molar-refractivity contribution < 1.29 is 18.8 Å². The van der Waals surface area contributed by atoms with E-state index in [4.69, 9.17) is 25.6 Å². The van der Waals surface area contributed by atoms with E-state index in [0.29, 0.717) is 21.6 Å². The molecule has 1 heterocycles. The Hall–Kier alpha value is -1.04. The number of ether oxygens (including phenoxy) is 1. The first-order valence-electron chi connectivity index (χ1n) is 6.83. The van der Waals surface area contributed by atoms with Gasteiger partial charge >= 0.3 is 13.1 Å². The van der Waals surface area contributed by atoms with Crippen molar-refractivity contribution in [3.63, 3.8) is 0 Å². The van der Waals surface area contributed by atoms with Crippen molar-refractivity contribution in [1.29, 1.82) is 0 Å². The van der Waals surface area contributed by atoms with Gasteiger partial charge < -0.3 is 14.0 Å². The molecule has 21 heavy (non-hydrogen) atoms. The summed E-state index contributed by atoms with van der Waals surface area (Å²) in [6.45, 7) is 9.69. The highest BCUT2D eigenvalue weighted by Gasteiger charge is 2.51. The molecule has 114 valence electrons. The van der Waals surface area contributed by atoms with Crippen LogP contribution in [0.15, 0.2) is 12.1 Å². The minimum absolute atomic E-state index is 0.423. The Bertz CT molecular complexity index is 567. The van der Waals surface area contributed by atoms with Crippen LogP contribution in [-0.2, 0) is 14.0 Å². The van der Waals surface area contributed by atoms with Gasteiger partial charge in [0, 0.05) is 5.02 Å². The summed E-state index contributed by atoms with van der Waals surface area (Å²) in [5, 5.41) is 0.489. The van der Waals surface area contributed by atoms with Gasteiger partial charge in [0.05, 0.1) is 23.9 Å². The van der Waals surface area contributed by atoms with Crippen LogP contribution >= 0.6 is 11.6 Å². The third-order valence-corrected chi connectivity index (χ3v) is 4.69. The average molecular weight is 311 g/mol. The first-order valence-corrected chi connectivity index (χ1v) is 7.21. The fraction of sp³-hybridized carbons (Fsp3) is 0.533. The molecule has 0 spiro atoms. The number of halogens is 1. The molecule has 4 nitrogen and oxygen atoms in total. The lowest BCUT2D eigenvalue weighted by Gasteiger charge is -2.32. The second-order valence-corrected chi connectivity index (χ2v) is 6.66. The highest BCUT2D eigenvalue weighted by Crippen LogP contribution is 2.36. The maximum absolute atomic E-state index is 11.8. The number of esters is 1. The average Bonchev–Trinajstić information content (AvgIpc) is 2.60. The molecule has 0 saturated carbocycles. The van der Waals surface area contributed by atoms with Crippen LogP contribution in [0.4, 0.5) is 0 Å². The molecule has 0 radical (unpaired) electrons. The lowest BCUT2D eigenvalue weighted by molar-refractivity contribution is 0.00578. The predicted octanol–water partition coefficient (Wildman–Crippen LogP) is 2.73. The minimum atomic E-state index is -0.559. The Morgan fingerprint density at radius 2 is 1.71 bits per heavy atom. The fourth-order valence-corrected chi connectivity index (χ4v) is 2.36. The van der Waals surface area contributed by atoms with Crippen LogP contribution in [0.2, 0.25) is 5.02 Å². The van der Waals surface area contributed by atoms with Crippen LogP contribution < -0.4 is 5.46 Å². The first kappa shape index (κ1) is 16.3. The number of benzene rings is 1. The summed E-state index contributed by atoms with van der Waals surface area (Å²) >= 11 is 6.22. The number of hydrogen-bond donors (Lipinski definition) is 0. The molecular formula is C15H20BClO4. The molecule has 0 atom stereocenters. The van der Waals surface area contributed by atoms with E-state index in [0.717, 1.165) is 0 Å². The van der Waals surface area contributed by atoms with E-state index >= 15 is 0 Å². The maximum Gasteiger partial charge on any atom is 0.494 e. The normalized spacial score (nSPS) is 19.7. The summed E-state index contributed by atoms with van der Waals surface area (Å²) < 4.78 is 16.8. The van der Waals surface area contributed by atoms with Crippen molar-refractivity contribution in [3.8, 4) is 0 Å². The zero-order valence-electron chi connectivity index (χ0n) is 13.2. The largest absolute Gasteiger partial charge is 0.494 e. The standard InChI is InChI=1S/C15H20BClO4/c1-9-11(13(18)19-6)7-10(8-12(9)17)16-20-14(2,3)15(4,5)21-16/h7-8H,1-6H3. The summed E-state index contributed by atoms with van der Waals surface area (Å²) in [7, 11) is 0.786. The lowest BCUT2D eigenvalue weighted by atomic mass is 9.77. The molecule has 1 fully saturated rings. The summed E-state index contributed by atoms with van der Waals surface area (Å²) in [5.41, 5.74) is 0.934. The van der Waals surface area contributed by atoms with Gasteiger partial charge in [0.25, 0.3) is 0 Å². The fourth-order valence-electron chi connectivity index (χ4n) is 2.14. The first-order chi connectivity index (χ1) is 9.59. The van der Waals surface area contributed by atoms with Crippen LogP contribution in [0.25, 0.3) is 0 Å². The third kappa shape index (κ3) is 2.82. The second-order valence-electron chi connectivity index (χ2n) is 6.26. The van der Waals surface area contributed by atoms with Crippen molar-refractivity contribution in [2.24, 2.45) is 0 Å². The van der Waals surface area contributed by atoms with Crippen LogP contribution in [0, 0.1) is 6.92 Å². The molecule has 2 rings (SSSR count). The van der Waals surface area contributed by atoms with Gasteiger partial charge in [-0.2, -0.15) is 0 Å². The highest BCUT2D eigenvalue weighted by molar-refractivity contribution is 6.62. The molecular weight excluding hydrogens is 290 g/mol. The number of carbonyl (C=O) groups excluding carboxylic acids is 1. The van der Waals surface area contributed by atoms with Crippen LogP contribution in [-0.4, -0.2) is 31.4 Å². The van der Waals surface area contributed by atoms with E-state index in [1.165, 1.54) is 7.11 Å². The van der Waals surface area contributed by atoms with E-state index in [1.807, 2.05) is 27.7 Å². The minimum Gasteiger partial charge on any atom is -0.465 e. The Morgan fingerprint density at radius 3 is 2.19 bits per heavy atom. The highest BCUT2D eigenvalue weighted by atomic mass is 35.5. The smallest absolute Gasteiger partial charge is 0.465 e. The van der Waals surface area contributed by atoms with E-state index < -0.39 is 24.3 Å². The van der Waals surface area contributed by atoms with Gasteiger partial charge in [-0.25, -0.2) is 4.79 Å². The predicted molar refractivity (Wildman–Crippen MR) is 83.2 cm³/mol. The molecule has 1 aliphatic heterocycles. The molecule has 0 unspecified atom stereocenters. The van der Waals surface area contributed by atoms with Crippen LogP contribution in [0.5, 0.6) is 0 Å². The zero-order valence-corrected chi connectivity index (χ0v) is 14.0. The van der Waals surface area contributed by atoms with E-state index in [-0.39, 0.29) is 0 Å². The maximum atomic E-state index is 11.8. The van der Waals surface area contributed by atoms with E-state index in [2.05, 4.69) is 0 Å². The van der Waals surface area contributed by atoms with Gasteiger partial charge in [0.1, 0.15) is 0 Å². The molecule has 1 aromatic rings. The van der Waals surface area contributed by atoms with Crippen LogP contribution in [0.1, 0.15) is 43.6 Å². The quantitative estimate of drug-likeness (QED) is 0.622. The van der Waals surface area contributed by atoms with E-state index in [1.54, 1.807) is 19.1 Å². The van der Waals surface area contributed by atoms with Gasteiger partial charge in [-0.3, -0.25) is 0 Å². The third-order valence-electron chi connectivity index (χ3n) is 4.30.